The molecule has 0 saturated heterocycles. The number of hydrogen-bond donors (Lipinski definition) is 0. The molecule has 0 unspecified atom stereocenters. The highest BCUT2D eigenvalue weighted by Crippen LogP contribution is 2.54. The van der Waals surface area contributed by atoms with Crippen molar-refractivity contribution in [3.63, 3.8) is 0 Å². The molecule has 1 aromatic heterocycles. The summed E-state index contributed by atoms with van der Waals surface area (Å²) in [5.74, 6) is 0. The predicted octanol–water partition coefficient (Wildman–Crippen LogP) is 16.0. The molecule has 0 fully saturated rings. The summed E-state index contributed by atoms with van der Waals surface area (Å²) in [5.41, 5.74) is 19.0. The molecule has 10 aromatic rings. The van der Waals surface area contributed by atoms with Gasteiger partial charge in [-0.05, 0) is 126 Å². The summed E-state index contributed by atoms with van der Waals surface area (Å²) in [6.45, 7) is 4.80. The summed E-state index contributed by atoms with van der Waals surface area (Å²) in [6, 6.07) is 70.0. The number of hydrogen-bond acceptors (Lipinski definition) is 2. The lowest BCUT2D eigenvalue weighted by atomic mass is 9.81. The van der Waals surface area contributed by atoms with E-state index in [1.54, 1.807) is 0 Å². The van der Waals surface area contributed by atoms with E-state index in [2.05, 4.69) is 207 Å². The molecule has 1 nitrogen and oxygen atoms in total. The highest BCUT2D eigenvalue weighted by atomic mass is 32.1. The van der Waals surface area contributed by atoms with Crippen LogP contribution in [-0.4, -0.2) is 0 Å². The summed E-state index contributed by atoms with van der Waals surface area (Å²) in [4.78, 5) is 2.44. The summed E-state index contributed by atoms with van der Waals surface area (Å²) < 4.78 is 2.62. The van der Waals surface area contributed by atoms with Crippen molar-refractivity contribution < 1.29 is 0 Å². The fraction of sp³-hybridized carbons (Fsp3) is 0.0545. The fourth-order valence-corrected chi connectivity index (χ4v) is 11.0. The van der Waals surface area contributed by atoms with Crippen molar-refractivity contribution in [1.29, 1.82) is 0 Å². The van der Waals surface area contributed by atoms with Gasteiger partial charge in [0.15, 0.2) is 0 Å². The van der Waals surface area contributed by atoms with Crippen molar-refractivity contribution in [2.75, 3.05) is 4.90 Å². The molecule has 0 radical (unpaired) electrons. The summed E-state index contributed by atoms with van der Waals surface area (Å²) in [7, 11) is 0. The largest absolute Gasteiger partial charge is 0.310 e. The highest BCUT2D eigenvalue weighted by Gasteiger charge is 2.36. The van der Waals surface area contributed by atoms with E-state index in [0.29, 0.717) is 0 Å². The van der Waals surface area contributed by atoms with Crippen LogP contribution in [0, 0.1) is 0 Å². The molecule has 0 saturated carbocycles. The molecule has 1 heterocycles. The molecule has 268 valence electrons. The molecule has 0 aliphatic heterocycles. The Morgan fingerprint density at radius 1 is 0.351 bits per heavy atom. The monoisotopic (exact) mass is 743 g/mol. The lowest BCUT2D eigenvalue weighted by molar-refractivity contribution is 0.660. The Morgan fingerprint density at radius 3 is 1.72 bits per heavy atom. The Kier molecular flexibility index (Phi) is 6.91. The Labute approximate surface area is 336 Å². The van der Waals surface area contributed by atoms with Crippen LogP contribution < -0.4 is 4.90 Å². The fourth-order valence-electron chi connectivity index (χ4n) is 9.83. The average molecular weight is 744 g/mol. The molecule has 0 amide bonds. The molecule has 2 aliphatic carbocycles. The minimum Gasteiger partial charge on any atom is -0.310 e. The van der Waals surface area contributed by atoms with Crippen molar-refractivity contribution in [3.8, 4) is 55.6 Å². The van der Waals surface area contributed by atoms with Crippen LogP contribution in [0.1, 0.15) is 25.0 Å². The first-order valence-corrected chi connectivity index (χ1v) is 20.7. The highest BCUT2D eigenvalue weighted by molar-refractivity contribution is 7.25. The van der Waals surface area contributed by atoms with Crippen molar-refractivity contribution in [3.05, 3.63) is 199 Å². The van der Waals surface area contributed by atoms with E-state index in [4.69, 9.17) is 0 Å². The molecule has 2 aliphatic rings. The zero-order chi connectivity index (χ0) is 37.8. The van der Waals surface area contributed by atoms with Crippen LogP contribution in [0.15, 0.2) is 188 Å². The first kappa shape index (κ1) is 32.5. The van der Waals surface area contributed by atoms with Crippen LogP contribution in [0.4, 0.5) is 17.1 Å². The summed E-state index contributed by atoms with van der Waals surface area (Å²) in [6.07, 6.45) is 0. The maximum absolute atomic E-state index is 2.47. The smallest absolute Gasteiger partial charge is 0.0476 e. The molecule has 0 spiro atoms. The minimum atomic E-state index is -0.194. The number of fused-ring (bicyclic) bond motifs is 9. The zero-order valence-electron chi connectivity index (χ0n) is 31.8. The second-order valence-corrected chi connectivity index (χ2v) is 17.2. The molecule has 0 N–H and O–H groups in total. The molecular weight excluding hydrogens is 707 g/mol. The van der Waals surface area contributed by atoms with Gasteiger partial charge in [0, 0.05) is 42.6 Å². The lowest BCUT2D eigenvalue weighted by Crippen LogP contribution is -2.16. The maximum Gasteiger partial charge on any atom is 0.0476 e. The third kappa shape index (κ3) is 4.81. The van der Waals surface area contributed by atoms with Crippen LogP contribution in [0.25, 0.3) is 86.6 Å². The van der Waals surface area contributed by atoms with Gasteiger partial charge in [-0.25, -0.2) is 0 Å². The molecular formula is C55H37NS. The summed E-state index contributed by atoms with van der Waals surface area (Å²) in [5, 5.41) is 5.32. The van der Waals surface area contributed by atoms with Gasteiger partial charge in [0.1, 0.15) is 0 Å². The van der Waals surface area contributed by atoms with E-state index in [0.717, 1.165) is 17.1 Å². The first-order chi connectivity index (χ1) is 28.0. The van der Waals surface area contributed by atoms with E-state index in [9.17, 15) is 0 Å². The molecule has 0 atom stereocenters. The lowest BCUT2D eigenvalue weighted by Gasteiger charge is -2.28. The van der Waals surface area contributed by atoms with Crippen LogP contribution in [0.5, 0.6) is 0 Å². The van der Waals surface area contributed by atoms with Crippen molar-refractivity contribution >= 4 is 59.3 Å². The van der Waals surface area contributed by atoms with Crippen molar-refractivity contribution in [2.24, 2.45) is 0 Å². The second kappa shape index (κ2) is 12.1. The standard InChI is InChI=1S/C55H37NS/c1-55(2)50-31-36(40-29-30-49-42-14-7-6-13-41(42)48-17-10-16-47(40)54(48)49)21-26-43(50)44-27-24-38(32-51(44)55)56(37-22-19-35(20-23-37)34-11-4-3-5-12-34)39-25-28-46-45-15-8-9-18-52(45)57-53(46)33-39/h3-33H,1-2H3. The number of benzene rings is 9. The normalized spacial score (nSPS) is 13.2. The Balaban J connectivity index is 0.974. The Bertz CT molecular complexity index is 3230. The zero-order valence-corrected chi connectivity index (χ0v) is 32.6. The van der Waals surface area contributed by atoms with Crippen LogP contribution in [0.3, 0.4) is 0 Å². The van der Waals surface area contributed by atoms with E-state index >= 15 is 0 Å². The number of anilines is 3. The van der Waals surface area contributed by atoms with E-state index < -0.39 is 0 Å². The van der Waals surface area contributed by atoms with Gasteiger partial charge < -0.3 is 4.90 Å². The van der Waals surface area contributed by atoms with Gasteiger partial charge in [0.05, 0.1) is 0 Å². The summed E-state index contributed by atoms with van der Waals surface area (Å²) >= 11 is 1.87. The van der Waals surface area contributed by atoms with E-state index in [1.165, 1.54) is 97.7 Å². The average Bonchev–Trinajstić information content (AvgIpc) is 3.87. The van der Waals surface area contributed by atoms with Crippen LogP contribution in [0.2, 0.25) is 0 Å². The predicted molar refractivity (Wildman–Crippen MR) is 244 cm³/mol. The maximum atomic E-state index is 2.47. The van der Waals surface area contributed by atoms with Crippen molar-refractivity contribution in [1.82, 2.24) is 0 Å². The topological polar surface area (TPSA) is 3.24 Å². The first-order valence-electron chi connectivity index (χ1n) is 19.8. The third-order valence-electron chi connectivity index (χ3n) is 12.6. The van der Waals surface area contributed by atoms with Crippen LogP contribution >= 0.6 is 11.3 Å². The molecule has 9 aromatic carbocycles. The minimum absolute atomic E-state index is 0.194. The van der Waals surface area contributed by atoms with E-state index in [1.807, 2.05) is 11.3 Å². The third-order valence-corrected chi connectivity index (χ3v) is 13.8. The van der Waals surface area contributed by atoms with Gasteiger partial charge in [-0.1, -0.05) is 153 Å². The van der Waals surface area contributed by atoms with Gasteiger partial charge in [0.2, 0.25) is 0 Å². The van der Waals surface area contributed by atoms with Crippen LogP contribution in [-0.2, 0) is 5.41 Å². The van der Waals surface area contributed by atoms with E-state index in [-0.39, 0.29) is 5.41 Å². The van der Waals surface area contributed by atoms with Gasteiger partial charge in [-0.15, -0.1) is 11.3 Å². The number of rotatable bonds is 5. The SMILES string of the molecule is CC1(C)c2cc(-c3ccc4c5c(cccc35)-c3ccccc3-4)ccc2-c2ccc(N(c3ccc(-c4ccccc4)cc3)c3ccc4c(c3)sc3ccccc34)cc21. The molecule has 2 heteroatoms. The molecule has 12 rings (SSSR count). The number of nitrogens with zero attached hydrogens (tertiary/aromatic N) is 1. The molecule has 0 bridgehead atoms. The second-order valence-electron chi connectivity index (χ2n) is 16.1. The van der Waals surface area contributed by atoms with Gasteiger partial charge in [0.25, 0.3) is 0 Å². The Hall–Kier alpha value is -6.74. The van der Waals surface area contributed by atoms with Gasteiger partial charge >= 0.3 is 0 Å². The van der Waals surface area contributed by atoms with Crippen molar-refractivity contribution in [2.45, 2.75) is 19.3 Å². The quantitative estimate of drug-likeness (QED) is 0.170. The number of thiophene rings is 1. The molecule has 57 heavy (non-hydrogen) atoms. The Morgan fingerprint density at radius 2 is 0.895 bits per heavy atom. The van der Waals surface area contributed by atoms with Gasteiger partial charge in [-0.2, -0.15) is 0 Å². The van der Waals surface area contributed by atoms with Gasteiger partial charge in [-0.3, -0.25) is 0 Å².